The van der Waals surface area contributed by atoms with Crippen molar-refractivity contribution in [3.8, 4) is 0 Å². The summed E-state index contributed by atoms with van der Waals surface area (Å²) in [5, 5.41) is 11.9. The quantitative estimate of drug-likeness (QED) is 0.763. The van der Waals surface area contributed by atoms with E-state index in [1.807, 2.05) is 48.5 Å². The van der Waals surface area contributed by atoms with E-state index in [4.69, 9.17) is 0 Å². The summed E-state index contributed by atoms with van der Waals surface area (Å²) in [6.45, 7) is 4.15. The lowest BCUT2D eigenvalue weighted by molar-refractivity contribution is 0.102. The Kier molecular flexibility index (Phi) is 3.44. The van der Waals surface area contributed by atoms with Crippen LogP contribution in [0.5, 0.6) is 0 Å². The highest BCUT2D eigenvalue weighted by Crippen LogP contribution is 2.20. The molecule has 3 rings (SSSR count). The van der Waals surface area contributed by atoms with Crippen LogP contribution in [-0.4, -0.2) is 16.1 Å². The van der Waals surface area contributed by atoms with Gasteiger partial charge < -0.3 is 5.32 Å². The van der Waals surface area contributed by atoms with Crippen molar-refractivity contribution in [2.75, 3.05) is 5.32 Å². The Hall–Kier alpha value is -2.62. The number of amides is 1. The number of anilines is 1. The van der Waals surface area contributed by atoms with Crippen LogP contribution in [0.1, 0.15) is 35.8 Å². The number of benzene rings is 2. The molecule has 0 aliphatic heterocycles. The third-order valence-electron chi connectivity index (χ3n) is 3.50. The summed E-state index contributed by atoms with van der Waals surface area (Å²) >= 11 is 0. The highest BCUT2D eigenvalue weighted by molar-refractivity contribution is 6.12. The van der Waals surface area contributed by atoms with Crippen LogP contribution in [0.2, 0.25) is 0 Å². The number of rotatable bonds is 3. The van der Waals surface area contributed by atoms with Crippen molar-refractivity contribution < 1.29 is 4.79 Å². The minimum Gasteiger partial charge on any atom is -0.305 e. The van der Waals surface area contributed by atoms with Gasteiger partial charge in [0.15, 0.2) is 5.82 Å². The van der Waals surface area contributed by atoms with Gasteiger partial charge in [0.2, 0.25) is 0 Å². The van der Waals surface area contributed by atoms with E-state index in [-0.39, 0.29) is 5.91 Å². The Morgan fingerprint density at radius 2 is 1.90 bits per heavy atom. The Bertz CT molecular complexity index is 784. The summed E-state index contributed by atoms with van der Waals surface area (Å²) in [6.07, 6.45) is 0. The molecule has 1 amide bonds. The monoisotopic (exact) mass is 279 g/mol. The fourth-order valence-electron chi connectivity index (χ4n) is 2.30. The van der Waals surface area contributed by atoms with E-state index in [2.05, 4.69) is 29.4 Å². The molecule has 0 bridgehead atoms. The molecule has 2 N–H and O–H groups in total. The van der Waals surface area contributed by atoms with Gasteiger partial charge in [-0.1, -0.05) is 50.2 Å². The molecule has 3 aromatic rings. The number of aromatic amines is 1. The fraction of sp³-hybridized carbons (Fsp3) is 0.176. The molecule has 4 nitrogen and oxygen atoms in total. The van der Waals surface area contributed by atoms with Crippen LogP contribution in [0, 0.1) is 0 Å². The molecule has 0 unspecified atom stereocenters. The van der Waals surface area contributed by atoms with Gasteiger partial charge in [-0.2, -0.15) is 5.10 Å². The molecule has 0 aliphatic carbocycles. The highest BCUT2D eigenvalue weighted by Gasteiger charge is 2.12. The van der Waals surface area contributed by atoms with Crippen LogP contribution in [-0.2, 0) is 0 Å². The minimum absolute atomic E-state index is 0.145. The van der Waals surface area contributed by atoms with Crippen LogP contribution in [0.25, 0.3) is 10.8 Å². The molecule has 2 aromatic carbocycles. The second kappa shape index (κ2) is 5.40. The summed E-state index contributed by atoms with van der Waals surface area (Å²) < 4.78 is 0. The van der Waals surface area contributed by atoms with Gasteiger partial charge in [0.05, 0.1) is 0 Å². The second-order valence-electron chi connectivity index (χ2n) is 5.34. The number of carbonyl (C=O) groups excluding carboxylic acids is 1. The van der Waals surface area contributed by atoms with Crippen molar-refractivity contribution >= 4 is 22.5 Å². The molecule has 1 aromatic heterocycles. The number of carbonyl (C=O) groups is 1. The van der Waals surface area contributed by atoms with E-state index in [0.717, 1.165) is 16.5 Å². The fourth-order valence-corrected chi connectivity index (χ4v) is 2.30. The SMILES string of the molecule is CC(C)c1cc(NC(=O)c2cccc3ccccc23)n[nH]1. The van der Waals surface area contributed by atoms with Crippen LogP contribution in [0.15, 0.2) is 48.5 Å². The summed E-state index contributed by atoms with van der Waals surface area (Å²) in [4.78, 5) is 12.4. The van der Waals surface area contributed by atoms with E-state index in [9.17, 15) is 4.79 Å². The lowest BCUT2D eigenvalue weighted by Crippen LogP contribution is -2.12. The van der Waals surface area contributed by atoms with E-state index in [1.54, 1.807) is 0 Å². The third kappa shape index (κ3) is 2.65. The minimum atomic E-state index is -0.145. The first-order chi connectivity index (χ1) is 10.1. The van der Waals surface area contributed by atoms with Crippen LogP contribution < -0.4 is 5.32 Å². The predicted molar refractivity (Wildman–Crippen MR) is 84.6 cm³/mol. The molecule has 0 atom stereocenters. The molecule has 0 saturated heterocycles. The normalized spacial score (nSPS) is 11.0. The first kappa shape index (κ1) is 13.4. The number of fused-ring (bicyclic) bond motifs is 1. The van der Waals surface area contributed by atoms with Crippen molar-refractivity contribution in [1.29, 1.82) is 0 Å². The van der Waals surface area contributed by atoms with Gasteiger partial charge in [0.25, 0.3) is 5.91 Å². The number of H-pyrrole nitrogens is 1. The largest absolute Gasteiger partial charge is 0.305 e. The van der Waals surface area contributed by atoms with Crippen molar-refractivity contribution in [3.05, 3.63) is 59.8 Å². The molecular formula is C17H17N3O. The topological polar surface area (TPSA) is 57.8 Å². The third-order valence-corrected chi connectivity index (χ3v) is 3.50. The first-order valence-corrected chi connectivity index (χ1v) is 6.99. The summed E-state index contributed by atoms with van der Waals surface area (Å²) in [5.41, 5.74) is 1.66. The smallest absolute Gasteiger partial charge is 0.257 e. The van der Waals surface area contributed by atoms with Gasteiger partial charge in [-0.05, 0) is 22.8 Å². The molecule has 4 heteroatoms. The maximum absolute atomic E-state index is 12.4. The number of nitrogens with one attached hydrogen (secondary N) is 2. The van der Waals surface area contributed by atoms with Crippen molar-refractivity contribution in [2.24, 2.45) is 0 Å². The van der Waals surface area contributed by atoms with Gasteiger partial charge in [0, 0.05) is 17.3 Å². The number of nitrogens with zero attached hydrogens (tertiary/aromatic N) is 1. The Balaban J connectivity index is 1.90. The molecule has 0 saturated carbocycles. The molecule has 106 valence electrons. The number of hydrogen-bond donors (Lipinski definition) is 2. The maximum Gasteiger partial charge on any atom is 0.257 e. The van der Waals surface area contributed by atoms with Gasteiger partial charge in [-0.25, -0.2) is 0 Å². The van der Waals surface area contributed by atoms with Crippen LogP contribution >= 0.6 is 0 Å². The molecule has 0 fully saturated rings. The zero-order valence-corrected chi connectivity index (χ0v) is 12.1. The molecule has 0 radical (unpaired) electrons. The van der Waals surface area contributed by atoms with Gasteiger partial charge in [0.1, 0.15) is 0 Å². The van der Waals surface area contributed by atoms with E-state index >= 15 is 0 Å². The van der Waals surface area contributed by atoms with E-state index in [0.29, 0.717) is 17.3 Å². The highest BCUT2D eigenvalue weighted by atomic mass is 16.1. The molecular weight excluding hydrogens is 262 g/mol. The average molecular weight is 279 g/mol. The van der Waals surface area contributed by atoms with Crippen molar-refractivity contribution in [3.63, 3.8) is 0 Å². The number of aromatic nitrogens is 2. The Morgan fingerprint density at radius 3 is 2.67 bits per heavy atom. The Labute approximate surface area is 123 Å². The standard InChI is InChI=1S/C17H17N3O/c1-11(2)15-10-16(20-19-15)18-17(21)14-9-5-7-12-6-3-4-8-13(12)14/h3-11H,1-2H3,(H2,18,19,20,21). The first-order valence-electron chi connectivity index (χ1n) is 6.99. The van der Waals surface area contributed by atoms with Crippen molar-refractivity contribution in [2.45, 2.75) is 19.8 Å². The summed E-state index contributed by atoms with van der Waals surface area (Å²) in [5.74, 6) is 0.756. The van der Waals surface area contributed by atoms with Gasteiger partial charge in [-0.15, -0.1) is 0 Å². The Morgan fingerprint density at radius 1 is 1.14 bits per heavy atom. The summed E-state index contributed by atoms with van der Waals surface area (Å²) in [6, 6.07) is 15.4. The maximum atomic E-state index is 12.4. The second-order valence-corrected chi connectivity index (χ2v) is 5.34. The molecule has 21 heavy (non-hydrogen) atoms. The number of hydrogen-bond acceptors (Lipinski definition) is 2. The van der Waals surface area contributed by atoms with E-state index < -0.39 is 0 Å². The summed E-state index contributed by atoms with van der Waals surface area (Å²) in [7, 11) is 0. The van der Waals surface area contributed by atoms with Crippen molar-refractivity contribution in [1.82, 2.24) is 10.2 Å². The van der Waals surface area contributed by atoms with Crippen LogP contribution in [0.3, 0.4) is 0 Å². The zero-order valence-electron chi connectivity index (χ0n) is 12.1. The van der Waals surface area contributed by atoms with E-state index in [1.165, 1.54) is 0 Å². The van der Waals surface area contributed by atoms with Gasteiger partial charge >= 0.3 is 0 Å². The zero-order chi connectivity index (χ0) is 14.8. The van der Waals surface area contributed by atoms with Crippen LogP contribution in [0.4, 0.5) is 5.82 Å². The lowest BCUT2D eigenvalue weighted by atomic mass is 10.0. The average Bonchev–Trinajstić information content (AvgIpc) is 2.95. The lowest BCUT2D eigenvalue weighted by Gasteiger charge is -2.06. The predicted octanol–water partition coefficient (Wildman–Crippen LogP) is 3.94. The molecule has 1 heterocycles. The molecule has 0 spiro atoms. The molecule has 0 aliphatic rings. The van der Waals surface area contributed by atoms with Gasteiger partial charge in [-0.3, -0.25) is 9.89 Å².